The predicted octanol–water partition coefficient (Wildman–Crippen LogP) is 4.32. The van der Waals surface area contributed by atoms with Gasteiger partial charge in [-0.2, -0.15) is 4.31 Å². The lowest BCUT2D eigenvalue weighted by Crippen LogP contribution is -2.39. The van der Waals surface area contributed by atoms with Crippen molar-refractivity contribution in [3.05, 3.63) is 48.5 Å². The maximum Gasteiger partial charge on any atom is 0.243 e. The zero-order chi connectivity index (χ0) is 22.5. The second-order valence-corrected chi connectivity index (χ2v) is 11.1. The number of benzene rings is 2. The van der Waals surface area contributed by atoms with E-state index in [9.17, 15) is 13.5 Å². The third kappa shape index (κ3) is 3.57. The molecule has 1 atom stereocenters. The molecular formula is C24H27N3O4S. The maximum absolute atomic E-state index is 13.5. The fraction of sp³-hybridized carbons (Fsp3) is 0.375. The highest BCUT2D eigenvalue weighted by Crippen LogP contribution is 2.43. The topological polar surface area (TPSA) is 84.1 Å². The molecule has 2 aliphatic heterocycles. The first-order valence-electron chi connectivity index (χ1n) is 10.9. The standard InChI is InChI=1S/C24H27N3O4S/c1-24(2)15-25-23-22(28)20-13-19(10-11-21(20)26(23)16-24)32(29,30)27-12-6-7-17(27)14-31-18-8-4-3-5-9-18/h3-5,8-11,13,15,17,28H,6-7,12,14,16H2,1-2H3/t17-/m0/s1. The average molecular weight is 454 g/mol. The lowest BCUT2D eigenvalue weighted by Gasteiger charge is -2.25. The minimum absolute atomic E-state index is 0.0224. The summed E-state index contributed by atoms with van der Waals surface area (Å²) in [6, 6.07) is 14.2. The van der Waals surface area contributed by atoms with Gasteiger partial charge in [-0.3, -0.25) is 0 Å². The van der Waals surface area contributed by atoms with Gasteiger partial charge in [0, 0.05) is 30.1 Å². The fourth-order valence-electron chi connectivity index (χ4n) is 4.57. The van der Waals surface area contributed by atoms with E-state index in [-0.39, 0.29) is 22.1 Å². The van der Waals surface area contributed by atoms with Crippen LogP contribution in [0.2, 0.25) is 0 Å². The van der Waals surface area contributed by atoms with E-state index in [4.69, 9.17) is 4.74 Å². The van der Waals surface area contributed by atoms with Gasteiger partial charge in [-0.1, -0.05) is 32.0 Å². The van der Waals surface area contributed by atoms with E-state index >= 15 is 0 Å². The normalized spacial score (nSPS) is 20.5. The van der Waals surface area contributed by atoms with Gasteiger partial charge in [-0.25, -0.2) is 13.4 Å². The first kappa shape index (κ1) is 21.0. The molecule has 0 unspecified atom stereocenters. The highest BCUT2D eigenvalue weighted by molar-refractivity contribution is 7.89. The highest BCUT2D eigenvalue weighted by atomic mass is 32.2. The molecule has 2 aromatic carbocycles. The first-order chi connectivity index (χ1) is 15.3. The molecule has 1 aromatic heterocycles. The van der Waals surface area contributed by atoms with Crippen molar-refractivity contribution >= 4 is 33.0 Å². The van der Waals surface area contributed by atoms with E-state index in [1.807, 2.05) is 41.1 Å². The molecule has 5 rings (SSSR count). The Balaban J connectivity index is 1.45. The summed E-state index contributed by atoms with van der Waals surface area (Å²) in [6.07, 6.45) is 3.38. The molecule has 168 valence electrons. The van der Waals surface area contributed by atoms with Crippen molar-refractivity contribution in [2.45, 2.75) is 44.2 Å². The monoisotopic (exact) mass is 453 g/mol. The number of fused-ring (bicyclic) bond motifs is 3. The van der Waals surface area contributed by atoms with Crippen LogP contribution in [0.15, 0.2) is 58.4 Å². The number of rotatable bonds is 5. The third-order valence-corrected chi connectivity index (χ3v) is 8.15. The summed E-state index contributed by atoms with van der Waals surface area (Å²) in [5, 5.41) is 11.3. The molecular weight excluding hydrogens is 426 g/mol. The van der Waals surface area contributed by atoms with Crippen LogP contribution in [0.4, 0.5) is 5.82 Å². The zero-order valence-electron chi connectivity index (χ0n) is 18.2. The summed E-state index contributed by atoms with van der Waals surface area (Å²) in [4.78, 5) is 4.61. The van der Waals surface area contributed by atoms with Crippen LogP contribution in [0.5, 0.6) is 11.5 Å². The van der Waals surface area contributed by atoms with Crippen molar-refractivity contribution in [2.75, 3.05) is 13.2 Å². The summed E-state index contributed by atoms with van der Waals surface area (Å²) < 4.78 is 36.4. The lowest BCUT2D eigenvalue weighted by molar-refractivity contribution is 0.232. The fourth-order valence-corrected chi connectivity index (χ4v) is 6.28. The SMILES string of the molecule is CC1(C)C=Nc2c(O)c3cc(S(=O)(=O)N4CCC[C@H]4COc4ccccc4)ccc3n2C1. The minimum atomic E-state index is -3.73. The largest absolute Gasteiger partial charge is 0.504 e. The van der Waals surface area contributed by atoms with E-state index < -0.39 is 10.0 Å². The van der Waals surface area contributed by atoms with Gasteiger partial charge in [-0.15, -0.1) is 0 Å². The Morgan fingerprint density at radius 1 is 1.19 bits per heavy atom. The second-order valence-electron chi connectivity index (χ2n) is 9.22. The molecule has 0 radical (unpaired) electrons. The van der Waals surface area contributed by atoms with Crippen molar-refractivity contribution in [1.82, 2.24) is 8.87 Å². The number of hydrogen-bond donors (Lipinski definition) is 1. The van der Waals surface area contributed by atoms with Gasteiger partial charge < -0.3 is 14.4 Å². The van der Waals surface area contributed by atoms with Crippen molar-refractivity contribution in [3.63, 3.8) is 0 Å². The summed E-state index contributed by atoms with van der Waals surface area (Å²) in [5.41, 5.74) is 0.643. The van der Waals surface area contributed by atoms with Crippen molar-refractivity contribution < 1.29 is 18.3 Å². The molecule has 1 saturated heterocycles. The molecule has 2 aliphatic rings. The molecule has 7 nitrogen and oxygen atoms in total. The quantitative estimate of drug-likeness (QED) is 0.624. The number of aromatic nitrogens is 1. The Morgan fingerprint density at radius 2 is 1.97 bits per heavy atom. The number of hydrogen-bond acceptors (Lipinski definition) is 5. The van der Waals surface area contributed by atoms with Crippen LogP contribution in [-0.4, -0.2) is 47.8 Å². The predicted molar refractivity (Wildman–Crippen MR) is 124 cm³/mol. The number of nitrogens with zero attached hydrogens (tertiary/aromatic N) is 3. The van der Waals surface area contributed by atoms with E-state index in [2.05, 4.69) is 18.8 Å². The van der Waals surface area contributed by atoms with E-state index in [0.29, 0.717) is 30.9 Å². The molecule has 0 bridgehead atoms. The Morgan fingerprint density at radius 3 is 2.75 bits per heavy atom. The number of para-hydroxylation sites is 1. The van der Waals surface area contributed by atoms with Gasteiger partial charge in [0.2, 0.25) is 10.0 Å². The number of aromatic hydroxyl groups is 1. The molecule has 0 amide bonds. The highest BCUT2D eigenvalue weighted by Gasteiger charge is 2.36. The van der Waals surface area contributed by atoms with Crippen LogP contribution in [0.25, 0.3) is 10.9 Å². The van der Waals surface area contributed by atoms with Gasteiger partial charge >= 0.3 is 0 Å². The molecule has 3 aromatic rings. The van der Waals surface area contributed by atoms with Gasteiger partial charge in [0.1, 0.15) is 12.4 Å². The maximum atomic E-state index is 13.5. The van der Waals surface area contributed by atoms with Crippen molar-refractivity contribution in [1.29, 1.82) is 0 Å². The molecule has 0 spiro atoms. The Kier molecular flexibility index (Phi) is 5.02. The molecule has 0 aliphatic carbocycles. The molecule has 1 N–H and O–H groups in total. The lowest BCUT2D eigenvalue weighted by atomic mass is 9.94. The number of aliphatic imine (C=N–C) groups is 1. The van der Waals surface area contributed by atoms with Gasteiger partial charge in [0.25, 0.3) is 0 Å². The molecule has 3 heterocycles. The van der Waals surface area contributed by atoms with Crippen LogP contribution < -0.4 is 4.74 Å². The van der Waals surface area contributed by atoms with Crippen LogP contribution >= 0.6 is 0 Å². The average Bonchev–Trinajstić information content (AvgIpc) is 3.36. The van der Waals surface area contributed by atoms with Crippen LogP contribution in [0.1, 0.15) is 26.7 Å². The van der Waals surface area contributed by atoms with Crippen LogP contribution in [0.3, 0.4) is 0 Å². The second kappa shape index (κ2) is 7.64. The summed E-state index contributed by atoms with van der Waals surface area (Å²) in [7, 11) is -3.73. The Labute approximate surface area is 188 Å². The molecule has 32 heavy (non-hydrogen) atoms. The van der Waals surface area contributed by atoms with Crippen LogP contribution in [0, 0.1) is 5.41 Å². The number of sulfonamides is 1. The van der Waals surface area contributed by atoms with Crippen molar-refractivity contribution in [3.8, 4) is 11.5 Å². The zero-order valence-corrected chi connectivity index (χ0v) is 19.0. The Bertz CT molecular complexity index is 1300. The van der Waals surface area contributed by atoms with Crippen molar-refractivity contribution in [2.24, 2.45) is 10.4 Å². The minimum Gasteiger partial charge on any atom is -0.504 e. The number of ether oxygens (including phenoxy) is 1. The van der Waals surface area contributed by atoms with Gasteiger partial charge in [-0.05, 0) is 43.2 Å². The molecule has 1 fully saturated rings. The summed E-state index contributed by atoms with van der Waals surface area (Å²) in [5.74, 6) is 1.23. The summed E-state index contributed by atoms with van der Waals surface area (Å²) >= 11 is 0. The van der Waals surface area contributed by atoms with Crippen LogP contribution in [-0.2, 0) is 16.6 Å². The Hall–Kier alpha value is -2.84. The molecule has 0 saturated carbocycles. The van der Waals surface area contributed by atoms with E-state index in [0.717, 1.165) is 24.1 Å². The smallest absolute Gasteiger partial charge is 0.243 e. The first-order valence-corrected chi connectivity index (χ1v) is 12.3. The van der Waals surface area contributed by atoms with E-state index in [1.165, 1.54) is 4.31 Å². The molecule has 8 heteroatoms. The van der Waals surface area contributed by atoms with Gasteiger partial charge in [0.15, 0.2) is 11.6 Å². The summed E-state index contributed by atoms with van der Waals surface area (Å²) in [6.45, 7) is 5.58. The van der Waals surface area contributed by atoms with Gasteiger partial charge in [0.05, 0.1) is 16.5 Å². The van der Waals surface area contributed by atoms with E-state index in [1.54, 1.807) is 18.2 Å². The third-order valence-electron chi connectivity index (χ3n) is 6.20.